The van der Waals surface area contributed by atoms with E-state index in [1.54, 1.807) is 0 Å². The SMILES string of the molecule is C=C(N)/C(C)=C(/C)CC.CC. The standard InChI is InChI=1S/C8H15N.C2H6/c1-5-6(2)7(3)8(4)9;1-2/h4-5,9H2,1-3H3;1-2H3/b7-6-;. The van der Waals surface area contributed by atoms with Gasteiger partial charge >= 0.3 is 0 Å². The molecule has 0 radical (unpaired) electrons. The van der Waals surface area contributed by atoms with Gasteiger partial charge in [-0.25, -0.2) is 0 Å². The quantitative estimate of drug-likeness (QED) is 0.609. The maximum absolute atomic E-state index is 5.46. The number of nitrogens with two attached hydrogens (primary N) is 1. The topological polar surface area (TPSA) is 26.0 Å². The molecule has 0 atom stereocenters. The molecule has 0 aliphatic carbocycles. The van der Waals surface area contributed by atoms with E-state index < -0.39 is 0 Å². The minimum absolute atomic E-state index is 0.689. The zero-order valence-electron chi connectivity index (χ0n) is 8.49. The Morgan fingerprint density at radius 3 is 1.73 bits per heavy atom. The Morgan fingerprint density at radius 1 is 1.27 bits per heavy atom. The summed E-state index contributed by atoms with van der Waals surface area (Å²) in [5.74, 6) is 0. The van der Waals surface area contributed by atoms with Gasteiger partial charge in [-0.15, -0.1) is 0 Å². The molecule has 0 aliphatic heterocycles. The first-order chi connectivity index (χ1) is 5.09. The summed E-state index contributed by atoms with van der Waals surface area (Å²) in [6, 6.07) is 0. The lowest BCUT2D eigenvalue weighted by molar-refractivity contribution is 1.05. The van der Waals surface area contributed by atoms with Crippen LogP contribution in [0.5, 0.6) is 0 Å². The van der Waals surface area contributed by atoms with Crippen LogP contribution in [-0.4, -0.2) is 0 Å². The van der Waals surface area contributed by atoms with E-state index in [1.165, 1.54) is 5.57 Å². The Labute approximate surface area is 71.0 Å². The van der Waals surface area contributed by atoms with Gasteiger partial charge in [-0.2, -0.15) is 0 Å². The van der Waals surface area contributed by atoms with Crippen LogP contribution < -0.4 is 5.73 Å². The molecule has 0 rings (SSSR count). The highest BCUT2D eigenvalue weighted by Crippen LogP contribution is 2.10. The molecule has 0 amide bonds. The molecule has 1 heteroatoms. The Morgan fingerprint density at radius 2 is 1.64 bits per heavy atom. The number of hydrogen-bond acceptors (Lipinski definition) is 1. The molecule has 11 heavy (non-hydrogen) atoms. The van der Waals surface area contributed by atoms with Gasteiger partial charge in [0.05, 0.1) is 0 Å². The van der Waals surface area contributed by atoms with Crippen LogP contribution in [0, 0.1) is 0 Å². The third-order valence-electron chi connectivity index (χ3n) is 1.65. The third-order valence-corrected chi connectivity index (χ3v) is 1.65. The predicted octanol–water partition coefficient (Wildman–Crippen LogP) is 3.23. The molecule has 0 bridgehead atoms. The highest BCUT2D eigenvalue weighted by atomic mass is 14.6. The summed E-state index contributed by atoms with van der Waals surface area (Å²) >= 11 is 0. The van der Waals surface area contributed by atoms with E-state index in [0.717, 1.165) is 12.0 Å². The monoisotopic (exact) mass is 155 g/mol. The fourth-order valence-corrected chi connectivity index (χ4v) is 0.539. The van der Waals surface area contributed by atoms with E-state index in [2.05, 4.69) is 20.4 Å². The van der Waals surface area contributed by atoms with Crippen molar-refractivity contribution in [2.24, 2.45) is 5.73 Å². The second-order valence-corrected chi connectivity index (χ2v) is 2.28. The summed E-state index contributed by atoms with van der Waals surface area (Å²) in [7, 11) is 0. The molecule has 0 fully saturated rings. The molecule has 0 saturated carbocycles. The molecule has 0 heterocycles. The number of allylic oxidation sites excluding steroid dienone is 2. The Bertz CT molecular complexity index is 143. The van der Waals surface area contributed by atoms with Gasteiger partial charge in [0.2, 0.25) is 0 Å². The second-order valence-electron chi connectivity index (χ2n) is 2.28. The molecule has 2 N–H and O–H groups in total. The molecule has 0 saturated heterocycles. The van der Waals surface area contributed by atoms with Gasteiger partial charge < -0.3 is 5.73 Å². The molecule has 66 valence electrons. The van der Waals surface area contributed by atoms with Crippen LogP contribution in [0.2, 0.25) is 0 Å². The van der Waals surface area contributed by atoms with Crippen molar-refractivity contribution in [3.8, 4) is 0 Å². The first-order valence-electron chi connectivity index (χ1n) is 4.20. The van der Waals surface area contributed by atoms with E-state index in [4.69, 9.17) is 5.73 Å². The van der Waals surface area contributed by atoms with Crippen LogP contribution in [0.15, 0.2) is 23.4 Å². The summed E-state index contributed by atoms with van der Waals surface area (Å²) in [6.07, 6.45) is 1.06. The Hall–Kier alpha value is -0.720. The third kappa shape index (κ3) is 5.71. The average Bonchev–Trinajstić information content (AvgIpc) is 2.05. The van der Waals surface area contributed by atoms with Crippen molar-refractivity contribution >= 4 is 0 Å². The summed E-state index contributed by atoms with van der Waals surface area (Å²) in [4.78, 5) is 0. The molecule has 0 aromatic heterocycles. The van der Waals surface area contributed by atoms with Crippen molar-refractivity contribution < 1.29 is 0 Å². The van der Waals surface area contributed by atoms with Gasteiger partial charge in [0.25, 0.3) is 0 Å². The van der Waals surface area contributed by atoms with Gasteiger partial charge in [0.1, 0.15) is 0 Å². The second kappa shape index (κ2) is 7.39. The van der Waals surface area contributed by atoms with E-state index in [1.807, 2.05) is 20.8 Å². The normalized spacial score (nSPS) is 11.0. The summed E-state index contributed by atoms with van der Waals surface area (Å²) < 4.78 is 0. The van der Waals surface area contributed by atoms with Gasteiger partial charge in [0, 0.05) is 5.70 Å². The van der Waals surface area contributed by atoms with Crippen LogP contribution in [0.3, 0.4) is 0 Å². The summed E-state index contributed by atoms with van der Waals surface area (Å²) in [6.45, 7) is 13.8. The van der Waals surface area contributed by atoms with Crippen molar-refractivity contribution in [3.63, 3.8) is 0 Å². The smallest absolute Gasteiger partial charge is 0.0270 e. The lowest BCUT2D eigenvalue weighted by atomic mass is 10.1. The maximum atomic E-state index is 5.46. The van der Waals surface area contributed by atoms with E-state index in [9.17, 15) is 0 Å². The Kier molecular flexibility index (Phi) is 8.67. The molecule has 0 unspecified atom stereocenters. The van der Waals surface area contributed by atoms with E-state index in [0.29, 0.717) is 5.70 Å². The van der Waals surface area contributed by atoms with E-state index in [-0.39, 0.29) is 0 Å². The fourth-order valence-electron chi connectivity index (χ4n) is 0.539. The van der Waals surface area contributed by atoms with Crippen molar-refractivity contribution in [2.75, 3.05) is 0 Å². The van der Waals surface area contributed by atoms with Crippen LogP contribution in [0.1, 0.15) is 41.0 Å². The fraction of sp³-hybridized carbons (Fsp3) is 0.600. The molecule has 0 aliphatic rings. The van der Waals surface area contributed by atoms with Crippen LogP contribution in [0.25, 0.3) is 0 Å². The van der Waals surface area contributed by atoms with Gasteiger partial charge in [0.15, 0.2) is 0 Å². The van der Waals surface area contributed by atoms with Crippen molar-refractivity contribution in [1.29, 1.82) is 0 Å². The largest absolute Gasteiger partial charge is 0.399 e. The van der Waals surface area contributed by atoms with Crippen molar-refractivity contribution in [2.45, 2.75) is 41.0 Å². The van der Waals surface area contributed by atoms with Crippen molar-refractivity contribution in [1.82, 2.24) is 0 Å². The van der Waals surface area contributed by atoms with Gasteiger partial charge in [-0.1, -0.05) is 32.9 Å². The van der Waals surface area contributed by atoms with Gasteiger partial charge in [-0.3, -0.25) is 0 Å². The minimum Gasteiger partial charge on any atom is -0.399 e. The molecule has 0 spiro atoms. The molecule has 0 aromatic rings. The lowest BCUT2D eigenvalue weighted by Gasteiger charge is -2.02. The predicted molar refractivity (Wildman–Crippen MR) is 53.3 cm³/mol. The Balaban J connectivity index is 0. The average molecular weight is 155 g/mol. The molecule has 0 aromatic carbocycles. The van der Waals surface area contributed by atoms with Gasteiger partial charge in [-0.05, 0) is 25.8 Å². The summed E-state index contributed by atoms with van der Waals surface area (Å²) in [5.41, 5.74) is 8.61. The van der Waals surface area contributed by atoms with Crippen LogP contribution in [-0.2, 0) is 0 Å². The zero-order chi connectivity index (χ0) is 9.44. The highest BCUT2D eigenvalue weighted by Gasteiger charge is 1.93. The summed E-state index contributed by atoms with van der Waals surface area (Å²) in [5, 5.41) is 0. The van der Waals surface area contributed by atoms with Crippen molar-refractivity contribution in [3.05, 3.63) is 23.4 Å². The first kappa shape index (κ1) is 12.9. The number of hydrogen-bond donors (Lipinski definition) is 1. The van der Waals surface area contributed by atoms with E-state index >= 15 is 0 Å². The molecular weight excluding hydrogens is 134 g/mol. The number of rotatable bonds is 2. The first-order valence-corrected chi connectivity index (χ1v) is 4.20. The zero-order valence-corrected chi connectivity index (χ0v) is 8.49. The van der Waals surface area contributed by atoms with Crippen LogP contribution in [0.4, 0.5) is 0 Å². The molecule has 1 nitrogen and oxygen atoms in total. The maximum Gasteiger partial charge on any atom is 0.0270 e. The molecular formula is C10H21N. The van der Waals surface area contributed by atoms with Crippen LogP contribution >= 0.6 is 0 Å². The minimum atomic E-state index is 0.689. The highest BCUT2D eigenvalue weighted by molar-refractivity contribution is 5.27. The lowest BCUT2D eigenvalue weighted by Crippen LogP contribution is -1.97.